The molecule has 4 heterocycles. The molecule has 3 saturated heterocycles. The number of fused-ring (bicyclic) bond motifs is 4. The number of hydrogen-bond acceptors (Lipinski definition) is 10. The molecule has 11 heteroatoms. The van der Waals surface area contributed by atoms with Crippen molar-refractivity contribution >= 4 is 13.8 Å². The zero-order valence-corrected chi connectivity index (χ0v) is 18.9. The molecule has 0 bridgehead atoms. The summed E-state index contributed by atoms with van der Waals surface area (Å²) in [6, 6.07) is 0. The lowest BCUT2D eigenvalue weighted by molar-refractivity contribution is -0.348. The maximum absolute atomic E-state index is 12.2. The van der Waals surface area contributed by atoms with Crippen LogP contribution in [0.2, 0.25) is 0 Å². The van der Waals surface area contributed by atoms with E-state index in [0.29, 0.717) is 19.4 Å². The first-order chi connectivity index (χ1) is 15.0. The number of esters is 1. The smallest absolute Gasteiger partial charge is 0.334 e. The van der Waals surface area contributed by atoms with Crippen LogP contribution < -0.4 is 9.79 Å². The second-order valence-corrected chi connectivity index (χ2v) is 11.9. The number of rotatable bonds is 5. The Labute approximate surface area is 184 Å². The fourth-order valence-corrected chi connectivity index (χ4v) is 8.27. The lowest BCUT2D eigenvalue weighted by Crippen LogP contribution is -2.69. The van der Waals surface area contributed by atoms with Crippen molar-refractivity contribution in [3.05, 3.63) is 11.1 Å². The molecular weight excluding hydrogens is 443 g/mol. The fourth-order valence-electron chi connectivity index (χ4n) is 8.08. The summed E-state index contributed by atoms with van der Waals surface area (Å²) < 4.78 is 46.1. The Bertz CT molecular complexity index is 1020. The third-order valence-electron chi connectivity index (χ3n) is 9.51. The minimum atomic E-state index is -5.18. The van der Waals surface area contributed by atoms with E-state index in [1.807, 2.05) is 13.8 Å². The molecule has 0 aromatic heterocycles. The van der Waals surface area contributed by atoms with E-state index in [4.69, 9.17) is 23.7 Å². The summed E-state index contributed by atoms with van der Waals surface area (Å²) in [5.74, 6) is -0.0707. The topological polar surface area (TPSA) is 146 Å². The molecule has 32 heavy (non-hydrogen) atoms. The van der Waals surface area contributed by atoms with Gasteiger partial charge in [0.2, 0.25) is 0 Å². The van der Waals surface area contributed by atoms with Crippen molar-refractivity contribution in [2.24, 2.45) is 17.3 Å². The first kappa shape index (κ1) is 20.5. The lowest BCUT2D eigenvalue weighted by atomic mass is 9.46. The summed E-state index contributed by atoms with van der Waals surface area (Å²) in [5, 5.41) is 0. The van der Waals surface area contributed by atoms with Crippen molar-refractivity contribution in [3.8, 4) is 0 Å². The number of epoxide rings is 3. The van der Waals surface area contributed by atoms with E-state index in [9.17, 15) is 19.1 Å². The molecule has 7 rings (SSSR count). The van der Waals surface area contributed by atoms with Gasteiger partial charge in [-0.3, -0.25) is 0 Å². The Morgan fingerprint density at radius 2 is 2.00 bits per heavy atom. The molecule has 4 aliphatic heterocycles. The third-order valence-corrected chi connectivity index (χ3v) is 9.93. The molecule has 0 N–H and O–H groups in total. The SMILES string of the molecule is CC(C)[C@]12O[C@H]1[C@@H]1O[C@@]13[C@@]1(C)CCC4=C(COC4=O)[C@@H]1CC1O[C@@]13[C@@H]2OCOP(=O)([O-])[O-]. The van der Waals surface area contributed by atoms with Crippen molar-refractivity contribution in [3.63, 3.8) is 0 Å². The highest BCUT2D eigenvalue weighted by Crippen LogP contribution is 2.83. The average Bonchev–Trinajstić information content (AvgIpc) is 3.59. The van der Waals surface area contributed by atoms with Gasteiger partial charge in [-0.25, -0.2) is 4.79 Å². The molecule has 5 fully saturated rings. The number of phosphoric ester groups is 1. The summed E-state index contributed by atoms with van der Waals surface area (Å²) >= 11 is 0. The van der Waals surface area contributed by atoms with Crippen LogP contribution in [-0.4, -0.2) is 60.6 Å². The molecule has 2 saturated carbocycles. The Balaban J connectivity index is 1.30. The molecule has 2 spiro atoms. The first-order valence-corrected chi connectivity index (χ1v) is 12.7. The Kier molecular flexibility index (Phi) is 3.65. The second kappa shape index (κ2) is 5.69. The zero-order chi connectivity index (χ0) is 22.5. The van der Waals surface area contributed by atoms with Crippen LogP contribution in [0.1, 0.15) is 40.0 Å². The Morgan fingerprint density at radius 3 is 2.72 bits per heavy atom. The van der Waals surface area contributed by atoms with Gasteiger partial charge in [-0.1, -0.05) is 20.8 Å². The highest BCUT2D eigenvalue weighted by atomic mass is 31.2. The van der Waals surface area contributed by atoms with Crippen molar-refractivity contribution in [1.82, 2.24) is 0 Å². The molecule has 1 unspecified atom stereocenters. The van der Waals surface area contributed by atoms with Crippen LogP contribution in [0.4, 0.5) is 0 Å². The molecule has 0 aromatic carbocycles. The van der Waals surface area contributed by atoms with Crippen molar-refractivity contribution in [2.45, 2.75) is 81.3 Å². The van der Waals surface area contributed by atoms with Crippen LogP contribution in [0.3, 0.4) is 0 Å². The molecule has 3 aliphatic carbocycles. The van der Waals surface area contributed by atoms with Crippen LogP contribution in [0, 0.1) is 17.3 Å². The average molecular weight is 468 g/mol. The number of ether oxygens (including phenoxy) is 5. The molecular formula is C21H25O10P-2. The van der Waals surface area contributed by atoms with Crippen LogP contribution >= 0.6 is 7.82 Å². The monoisotopic (exact) mass is 468 g/mol. The molecule has 0 aromatic rings. The van der Waals surface area contributed by atoms with E-state index >= 15 is 0 Å². The van der Waals surface area contributed by atoms with E-state index in [2.05, 4.69) is 11.4 Å². The lowest BCUT2D eigenvalue weighted by Gasteiger charge is -2.54. The molecule has 0 radical (unpaired) electrons. The van der Waals surface area contributed by atoms with Gasteiger partial charge in [0.05, 0.1) is 13.9 Å². The molecule has 10 nitrogen and oxygen atoms in total. The van der Waals surface area contributed by atoms with Gasteiger partial charge in [-0.05, 0) is 36.7 Å². The van der Waals surface area contributed by atoms with Crippen LogP contribution in [0.25, 0.3) is 0 Å². The van der Waals surface area contributed by atoms with E-state index in [1.54, 1.807) is 0 Å². The highest BCUT2D eigenvalue weighted by molar-refractivity contribution is 7.43. The molecule has 0 amide bonds. The van der Waals surface area contributed by atoms with Gasteiger partial charge in [-0.15, -0.1) is 0 Å². The summed E-state index contributed by atoms with van der Waals surface area (Å²) in [6.07, 6.45) is 0.891. The van der Waals surface area contributed by atoms with Crippen molar-refractivity contribution in [2.75, 3.05) is 13.4 Å². The minimum absolute atomic E-state index is 0.0530. The number of cyclic esters (lactones) is 1. The Morgan fingerprint density at radius 1 is 1.22 bits per heavy atom. The van der Waals surface area contributed by atoms with Gasteiger partial charge in [0, 0.05) is 11.0 Å². The number of carbonyl (C=O) groups excluding carboxylic acids is 1. The first-order valence-electron chi connectivity index (χ1n) is 11.2. The second-order valence-electron chi connectivity index (χ2n) is 10.7. The van der Waals surface area contributed by atoms with E-state index in [-0.39, 0.29) is 41.5 Å². The largest absolute Gasteiger partial charge is 0.790 e. The number of carbonyl (C=O) groups is 1. The van der Waals surface area contributed by atoms with Gasteiger partial charge < -0.3 is 42.6 Å². The molecule has 176 valence electrons. The Hall–Kier alpha value is -0.840. The van der Waals surface area contributed by atoms with Gasteiger partial charge in [0.1, 0.15) is 36.1 Å². The van der Waals surface area contributed by atoms with E-state index in [1.165, 1.54) is 0 Å². The summed E-state index contributed by atoms with van der Waals surface area (Å²) in [5.41, 5.74) is -0.615. The predicted octanol–water partition coefficient (Wildman–Crippen LogP) is -0.0698. The van der Waals surface area contributed by atoms with Gasteiger partial charge in [-0.2, -0.15) is 0 Å². The van der Waals surface area contributed by atoms with Crippen molar-refractivity contribution < 1.29 is 47.4 Å². The maximum Gasteiger partial charge on any atom is 0.334 e. The molecule has 9 atom stereocenters. The maximum atomic E-state index is 12.2. The molecule has 7 aliphatic rings. The predicted molar refractivity (Wildman–Crippen MR) is 99.5 cm³/mol. The summed E-state index contributed by atoms with van der Waals surface area (Å²) in [4.78, 5) is 34.3. The van der Waals surface area contributed by atoms with E-state index < -0.39 is 37.5 Å². The van der Waals surface area contributed by atoms with Crippen molar-refractivity contribution in [1.29, 1.82) is 0 Å². The van der Waals surface area contributed by atoms with Gasteiger partial charge in [0.15, 0.2) is 12.4 Å². The summed E-state index contributed by atoms with van der Waals surface area (Å²) in [6.45, 7) is 5.89. The zero-order valence-electron chi connectivity index (χ0n) is 18.0. The standard InChI is InChI=1S/C21H27O10P/c1-9(2)19-14(30-19)15-21(31-15)18(3)5-4-10-11(7-26-16(10)22)12(18)6-13-20(21,29-13)17(19)27-8-28-32(23,24)25/h9,12-15,17H,4-8H2,1-3H3,(H2,23,24,25)/p-2/t12-,13?,14-,15-,17+,18-,19-,20+,21+/m0/s1. The summed E-state index contributed by atoms with van der Waals surface area (Å²) in [7, 11) is -5.18. The highest BCUT2D eigenvalue weighted by Gasteiger charge is 3.00. The quantitative estimate of drug-likeness (QED) is 0.233. The van der Waals surface area contributed by atoms with Gasteiger partial charge >= 0.3 is 5.97 Å². The van der Waals surface area contributed by atoms with Crippen LogP contribution in [0.15, 0.2) is 11.1 Å². The minimum Gasteiger partial charge on any atom is -0.790 e. The van der Waals surface area contributed by atoms with Gasteiger partial charge in [0.25, 0.3) is 0 Å². The third kappa shape index (κ3) is 2.05. The van der Waals surface area contributed by atoms with Crippen LogP contribution in [0.5, 0.6) is 0 Å². The van der Waals surface area contributed by atoms with Crippen LogP contribution in [-0.2, 0) is 37.6 Å². The normalized spacial score (nSPS) is 54.1. The number of phosphoric acid groups is 1. The fraction of sp³-hybridized carbons (Fsp3) is 0.857. The number of hydrogen-bond donors (Lipinski definition) is 0. The van der Waals surface area contributed by atoms with E-state index in [0.717, 1.165) is 17.6 Å².